The van der Waals surface area contributed by atoms with E-state index >= 15 is 0 Å². The van der Waals surface area contributed by atoms with Gasteiger partial charge in [-0.25, -0.2) is 0 Å². The van der Waals surface area contributed by atoms with E-state index in [0.29, 0.717) is 10.6 Å². The van der Waals surface area contributed by atoms with Gasteiger partial charge in [-0.2, -0.15) is 5.26 Å². The highest BCUT2D eigenvalue weighted by Gasteiger charge is 2.36. The minimum absolute atomic E-state index is 0.507. The summed E-state index contributed by atoms with van der Waals surface area (Å²) in [6.45, 7) is 1.89. The van der Waals surface area contributed by atoms with Crippen LogP contribution in [0.1, 0.15) is 35.8 Å². The fourth-order valence-corrected chi connectivity index (χ4v) is 3.45. The molecule has 0 aromatic carbocycles. The van der Waals surface area contributed by atoms with Crippen molar-refractivity contribution in [3.8, 4) is 6.07 Å². The standard InChI is InChI=1S/C11H12N2OS/c1-11(6-14)4-2-3-8-9(11)7(5-12)10(13)15-8/h6H,2-4,13H2,1H3. The van der Waals surface area contributed by atoms with Gasteiger partial charge in [0.1, 0.15) is 17.4 Å². The number of nitrogens with zero attached hydrogens (tertiary/aromatic N) is 1. The van der Waals surface area contributed by atoms with Gasteiger partial charge in [0.2, 0.25) is 0 Å². The number of rotatable bonds is 1. The Morgan fingerprint density at radius 3 is 3.00 bits per heavy atom. The molecular formula is C11H12N2OS. The summed E-state index contributed by atoms with van der Waals surface area (Å²) in [4.78, 5) is 12.3. The molecule has 3 nitrogen and oxygen atoms in total. The number of fused-ring (bicyclic) bond motifs is 1. The van der Waals surface area contributed by atoms with Crippen molar-refractivity contribution in [3.05, 3.63) is 16.0 Å². The average Bonchev–Trinajstić information content (AvgIpc) is 2.55. The van der Waals surface area contributed by atoms with E-state index in [-0.39, 0.29) is 0 Å². The van der Waals surface area contributed by atoms with Gasteiger partial charge in [0.25, 0.3) is 0 Å². The van der Waals surface area contributed by atoms with E-state index in [1.165, 1.54) is 11.3 Å². The number of thiophene rings is 1. The highest BCUT2D eigenvalue weighted by molar-refractivity contribution is 7.16. The summed E-state index contributed by atoms with van der Waals surface area (Å²) >= 11 is 1.46. The van der Waals surface area contributed by atoms with Gasteiger partial charge in [0.15, 0.2) is 0 Å². The Kier molecular flexibility index (Phi) is 2.28. The van der Waals surface area contributed by atoms with Crippen LogP contribution in [0.2, 0.25) is 0 Å². The van der Waals surface area contributed by atoms with Crippen LogP contribution >= 0.6 is 11.3 Å². The second kappa shape index (κ2) is 3.35. The Hall–Kier alpha value is -1.34. The zero-order valence-electron chi connectivity index (χ0n) is 8.54. The van der Waals surface area contributed by atoms with E-state index in [4.69, 9.17) is 11.0 Å². The van der Waals surface area contributed by atoms with Gasteiger partial charge in [0.05, 0.1) is 11.0 Å². The van der Waals surface area contributed by atoms with E-state index in [0.717, 1.165) is 36.0 Å². The third-order valence-corrected chi connectivity index (χ3v) is 4.13. The molecule has 0 fully saturated rings. The van der Waals surface area contributed by atoms with E-state index in [9.17, 15) is 4.79 Å². The van der Waals surface area contributed by atoms with Crippen LogP contribution in [0.15, 0.2) is 0 Å². The van der Waals surface area contributed by atoms with Crippen molar-refractivity contribution < 1.29 is 4.79 Å². The predicted octanol–water partition coefficient (Wildman–Crippen LogP) is 1.99. The molecule has 15 heavy (non-hydrogen) atoms. The van der Waals surface area contributed by atoms with Crippen LogP contribution in [-0.4, -0.2) is 6.29 Å². The SMILES string of the molecule is CC1(C=O)CCCc2sc(N)c(C#N)c21. The normalized spacial score (nSPS) is 24.3. The Morgan fingerprint density at radius 2 is 2.40 bits per heavy atom. The monoisotopic (exact) mass is 220 g/mol. The van der Waals surface area contributed by atoms with Crippen LogP contribution in [0, 0.1) is 11.3 Å². The summed E-state index contributed by atoms with van der Waals surface area (Å²) in [5, 5.41) is 9.61. The van der Waals surface area contributed by atoms with Crippen molar-refractivity contribution in [2.45, 2.75) is 31.6 Å². The summed E-state index contributed by atoms with van der Waals surface area (Å²) in [6.07, 6.45) is 3.70. The molecule has 4 heteroatoms. The Bertz CT molecular complexity index is 458. The van der Waals surface area contributed by atoms with Crippen LogP contribution in [-0.2, 0) is 16.6 Å². The van der Waals surface area contributed by atoms with Gasteiger partial charge >= 0.3 is 0 Å². The van der Waals surface area contributed by atoms with E-state index in [2.05, 4.69) is 6.07 Å². The molecule has 0 radical (unpaired) electrons. The topological polar surface area (TPSA) is 66.9 Å². The summed E-state index contributed by atoms with van der Waals surface area (Å²) < 4.78 is 0. The molecule has 1 aromatic rings. The van der Waals surface area contributed by atoms with Crippen molar-refractivity contribution in [1.29, 1.82) is 5.26 Å². The number of nitriles is 1. The molecule has 1 unspecified atom stereocenters. The second-order valence-corrected chi connectivity index (χ2v) is 5.28. The van der Waals surface area contributed by atoms with Crippen LogP contribution in [0.4, 0.5) is 5.00 Å². The summed E-state index contributed by atoms with van der Waals surface area (Å²) in [5.74, 6) is 0. The lowest BCUT2D eigenvalue weighted by molar-refractivity contribution is -0.112. The maximum atomic E-state index is 11.2. The van der Waals surface area contributed by atoms with Gasteiger partial charge in [0, 0.05) is 4.88 Å². The molecule has 78 valence electrons. The summed E-state index contributed by atoms with van der Waals surface area (Å²) in [5.41, 5.74) is 6.68. The van der Waals surface area contributed by atoms with Gasteiger partial charge in [-0.3, -0.25) is 0 Å². The van der Waals surface area contributed by atoms with Crippen molar-refractivity contribution in [1.82, 2.24) is 0 Å². The van der Waals surface area contributed by atoms with Gasteiger partial charge in [-0.1, -0.05) is 0 Å². The maximum Gasteiger partial charge on any atom is 0.130 e. The first kappa shape index (κ1) is 10.2. The van der Waals surface area contributed by atoms with E-state index in [1.54, 1.807) is 0 Å². The minimum Gasteiger partial charge on any atom is -0.389 e. The molecule has 1 aromatic heterocycles. The molecular weight excluding hydrogens is 208 g/mol. The fourth-order valence-electron chi connectivity index (χ4n) is 2.25. The number of aryl methyl sites for hydroxylation is 1. The van der Waals surface area contributed by atoms with Crippen LogP contribution < -0.4 is 5.73 Å². The van der Waals surface area contributed by atoms with E-state index < -0.39 is 5.41 Å². The first-order valence-corrected chi connectivity index (χ1v) is 5.72. The third kappa shape index (κ3) is 1.35. The number of hydrogen-bond acceptors (Lipinski definition) is 4. The maximum absolute atomic E-state index is 11.2. The molecule has 2 N–H and O–H groups in total. The lowest BCUT2D eigenvalue weighted by Crippen LogP contribution is -2.28. The molecule has 0 saturated heterocycles. The molecule has 0 amide bonds. The van der Waals surface area contributed by atoms with Crippen molar-refractivity contribution in [2.75, 3.05) is 5.73 Å². The molecule has 2 rings (SSSR count). The lowest BCUT2D eigenvalue weighted by atomic mass is 9.74. The molecule has 1 aliphatic rings. The van der Waals surface area contributed by atoms with E-state index in [1.807, 2.05) is 6.92 Å². The minimum atomic E-state index is -0.507. The zero-order chi connectivity index (χ0) is 11.1. The van der Waals surface area contributed by atoms with Gasteiger partial charge in [-0.05, 0) is 31.7 Å². The Morgan fingerprint density at radius 1 is 1.67 bits per heavy atom. The molecule has 1 atom stereocenters. The molecule has 0 spiro atoms. The number of anilines is 1. The first-order chi connectivity index (χ1) is 7.12. The molecule has 0 aliphatic heterocycles. The third-order valence-electron chi connectivity index (χ3n) is 3.05. The Labute approximate surface area is 92.5 Å². The smallest absolute Gasteiger partial charge is 0.130 e. The van der Waals surface area contributed by atoms with Gasteiger partial charge in [-0.15, -0.1) is 11.3 Å². The summed E-state index contributed by atoms with van der Waals surface area (Å²) in [6, 6.07) is 2.12. The number of nitrogens with two attached hydrogens (primary N) is 1. The lowest BCUT2D eigenvalue weighted by Gasteiger charge is -2.28. The van der Waals surface area contributed by atoms with Crippen LogP contribution in [0.25, 0.3) is 0 Å². The van der Waals surface area contributed by atoms with Crippen LogP contribution in [0.5, 0.6) is 0 Å². The van der Waals surface area contributed by atoms with Crippen LogP contribution in [0.3, 0.4) is 0 Å². The molecule has 1 heterocycles. The first-order valence-electron chi connectivity index (χ1n) is 4.90. The van der Waals surface area contributed by atoms with Crippen molar-refractivity contribution >= 4 is 22.6 Å². The van der Waals surface area contributed by atoms with Crippen molar-refractivity contribution in [2.24, 2.45) is 0 Å². The number of hydrogen-bond donors (Lipinski definition) is 1. The highest BCUT2D eigenvalue weighted by Crippen LogP contribution is 2.44. The fraction of sp³-hybridized carbons (Fsp3) is 0.455. The molecule has 0 bridgehead atoms. The molecule has 1 aliphatic carbocycles. The predicted molar refractivity (Wildman–Crippen MR) is 59.8 cm³/mol. The quantitative estimate of drug-likeness (QED) is 0.736. The number of carbonyl (C=O) groups is 1. The van der Waals surface area contributed by atoms with Gasteiger partial charge < -0.3 is 10.5 Å². The van der Waals surface area contributed by atoms with Crippen molar-refractivity contribution in [3.63, 3.8) is 0 Å². The number of nitrogen functional groups attached to an aromatic ring is 1. The number of carbonyl (C=O) groups excluding carboxylic acids is 1. The highest BCUT2D eigenvalue weighted by atomic mass is 32.1. The second-order valence-electron chi connectivity index (χ2n) is 4.14. The zero-order valence-corrected chi connectivity index (χ0v) is 9.36. The largest absolute Gasteiger partial charge is 0.389 e. The summed E-state index contributed by atoms with van der Waals surface area (Å²) in [7, 11) is 0. The average molecular weight is 220 g/mol. The Balaban J connectivity index is 2.70. The molecule has 0 saturated carbocycles. The number of aldehydes is 1.